The van der Waals surface area contributed by atoms with Crippen LogP contribution in [0, 0.1) is 11.3 Å². The molecule has 82 valence electrons. The molecule has 0 radical (unpaired) electrons. The van der Waals surface area contributed by atoms with Crippen LogP contribution in [0.25, 0.3) is 0 Å². The van der Waals surface area contributed by atoms with Gasteiger partial charge >= 0.3 is 0 Å². The van der Waals surface area contributed by atoms with Crippen molar-refractivity contribution in [2.45, 2.75) is 27.3 Å². The van der Waals surface area contributed by atoms with Crippen molar-refractivity contribution in [3.8, 4) is 0 Å². The molecular formula is C12H19N3. The van der Waals surface area contributed by atoms with Gasteiger partial charge < -0.3 is 0 Å². The van der Waals surface area contributed by atoms with E-state index in [0.717, 1.165) is 12.5 Å². The predicted molar refractivity (Wildman–Crippen MR) is 60.3 cm³/mol. The van der Waals surface area contributed by atoms with Crippen molar-refractivity contribution in [1.29, 1.82) is 0 Å². The Kier molecular flexibility index (Phi) is 2.74. The average Bonchev–Trinajstić information content (AvgIpc) is 2.10. The summed E-state index contributed by atoms with van der Waals surface area (Å²) in [5.74, 6) is 0.835. The van der Waals surface area contributed by atoms with E-state index in [1.807, 2.05) is 12.4 Å². The third-order valence-electron chi connectivity index (χ3n) is 3.20. The van der Waals surface area contributed by atoms with Crippen molar-refractivity contribution in [2.24, 2.45) is 11.3 Å². The summed E-state index contributed by atoms with van der Waals surface area (Å²) < 4.78 is 0. The van der Waals surface area contributed by atoms with Crippen molar-refractivity contribution in [2.75, 3.05) is 13.1 Å². The van der Waals surface area contributed by atoms with E-state index in [4.69, 9.17) is 0 Å². The first-order valence-corrected chi connectivity index (χ1v) is 5.52. The van der Waals surface area contributed by atoms with Gasteiger partial charge in [0.1, 0.15) is 6.33 Å². The van der Waals surface area contributed by atoms with Gasteiger partial charge in [0.25, 0.3) is 0 Å². The SMILES string of the molecule is CC(C)(C)C1CN(Cc2cncnc2)C1. The molecule has 0 bridgehead atoms. The Bertz CT molecular complexity index is 309. The zero-order chi connectivity index (χ0) is 10.9. The molecule has 0 aromatic carbocycles. The summed E-state index contributed by atoms with van der Waals surface area (Å²) in [5, 5.41) is 0. The summed E-state index contributed by atoms with van der Waals surface area (Å²) in [6.07, 6.45) is 5.38. The predicted octanol–water partition coefficient (Wildman–Crippen LogP) is 1.95. The Labute approximate surface area is 91.5 Å². The van der Waals surface area contributed by atoms with E-state index in [1.165, 1.54) is 18.7 Å². The highest BCUT2D eigenvalue weighted by atomic mass is 15.2. The van der Waals surface area contributed by atoms with Crippen LogP contribution in [0.5, 0.6) is 0 Å². The molecule has 0 N–H and O–H groups in total. The second kappa shape index (κ2) is 3.89. The van der Waals surface area contributed by atoms with Gasteiger partial charge in [0.2, 0.25) is 0 Å². The third kappa shape index (κ3) is 2.53. The van der Waals surface area contributed by atoms with Crippen molar-refractivity contribution in [3.05, 3.63) is 24.3 Å². The van der Waals surface area contributed by atoms with Crippen molar-refractivity contribution in [3.63, 3.8) is 0 Å². The molecule has 3 heteroatoms. The van der Waals surface area contributed by atoms with Gasteiger partial charge in [0.15, 0.2) is 0 Å². The van der Waals surface area contributed by atoms with Gasteiger partial charge in [-0.15, -0.1) is 0 Å². The lowest BCUT2D eigenvalue weighted by Crippen LogP contribution is -2.51. The summed E-state index contributed by atoms with van der Waals surface area (Å²) in [7, 11) is 0. The molecule has 2 rings (SSSR count). The summed E-state index contributed by atoms with van der Waals surface area (Å²) in [6, 6.07) is 0. The van der Waals surface area contributed by atoms with Gasteiger partial charge in [0, 0.05) is 37.6 Å². The zero-order valence-corrected chi connectivity index (χ0v) is 9.77. The summed E-state index contributed by atoms with van der Waals surface area (Å²) in [4.78, 5) is 10.5. The minimum Gasteiger partial charge on any atom is -0.298 e. The lowest BCUT2D eigenvalue weighted by Gasteiger charge is -2.46. The minimum absolute atomic E-state index is 0.448. The molecule has 1 aromatic heterocycles. The Morgan fingerprint density at radius 3 is 2.40 bits per heavy atom. The molecule has 1 aromatic rings. The molecule has 1 aliphatic rings. The molecule has 15 heavy (non-hydrogen) atoms. The van der Waals surface area contributed by atoms with E-state index in [2.05, 4.69) is 35.6 Å². The molecular weight excluding hydrogens is 186 g/mol. The Balaban J connectivity index is 1.82. The lowest BCUT2D eigenvalue weighted by molar-refractivity contribution is 0.0188. The van der Waals surface area contributed by atoms with Crippen LogP contribution < -0.4 is 0 Å². The maximum absolute atomic E-state index is 4.03. The van der Waals surface area contributed by atoms with Gasteiger partial charge in [0.05, 0.1) is 0 Å². The van der Waals surface area contributed by atoms with Crippen LogP contribution in [0.3, 0.4) is 0 Å². The van der Waals surface area contributed by atoms with E-state index < -0.39 is 0 Å². The number of nitrogens with zero attached hydrogens (tertiary/aromatic N) is 3. The van der Waals surface area contributed by atoms with Crippen LogP contribution in [0.15, 0.2) is 18.7 Å². The molecule has 2 heterocycles. The summed E-state index contributed by atoms with van der Waals surface area (Å²) in [6.45, 7) is 10.4. The second-order valence-electron chi connectivity index (χ2n) is 5.50. The van der Waals surface area contributed by atoms with E-state index in [1.54, 1.807) is 6.33 Å². The number of rotatable bonds is 2. The highest BCUT2D eigenvalue weighted by Gasteiger charge is 2.35. The number of likely N-dealkylation sites (tertiary alicyclic amines) is 1. The van der Waals surface area contributed by atoms with Gasteiger partial charge in [-0.1, -0.05) is 20.8 Å². The first-order valence-electron chi connectivity index (χ1n) is 5.52. The lowest BCUT2D eigenvalue weighted by atomic mass is 9.76. The maximum Gasteiger partial charge on any atom is 0.115 e. The quantitative estimate of drug-likeness (QED) is 0.739. The van der Waals surface area contributed by atoms with Crippen LogP contribution >= 0.6 is 0 Å². The third-order valence-corrected chi connectivity index (χ3v) is 3.20. The van der Waals surface area contributed by atoms with Crippen LogP contribution in [-0.2, 0) is 6.54 Å². The van der Waals surface area contributed by atoms with Crippen molar-refractivity contribution in [1.82, 2.24) is 14.9 Å². The van der Waals surface area contributed by atoms with Crippen LogP contribution in [0.2, 0.25) is 0 Å². The Morgan fingerprint density at radius 2 is 1.87 bits per heavy atom. The summed E-state index contributed by atoms with van der Waals surface area (Å²) in [5.41, 5.74) is 1.66. The van der Waals surface area contributed by atoms with Gasteiger partial charge in [-0.05, 0) is 11.3 Å². The minimum atomic E-state index is 0.448. The van der Waals surface area contributed by atoms with Crippen LogP contribution in [0.1, 0.15) is 26.3 Å². The average molecular weight is 205 g/mol. The molecule has 1 aliphatic heterocycles. The zero-order valence-electron chi connectivity index (χ0n) is 9.77. The highest BCUT2D eigenvalue weighted by molar-refractivity contribution is 5.03. The standard InChI is InChI=1S/C12H19N3/c1-12(2,3)11-7-15(8-11)6-10-4-13-9-14-5-10/h4-5,9,11H,6-8H2,1-3H3. The molecule has 1 saturated heterocycles. The van der Waals surface area contributed by atoms with Crippen LogP contribution in [0.4, 0.5) is 0 Å². The molecule has 3 nitrogen and oxygen atoms in total. The van der Waals surface area contributed by atoms with E-state index >= 15 is 0 Å². The first kappa shape index (κ1) is 10.6. The van der Waals surface area contributed by atoms with Gasteiger partial charge in [-0.2, -0.15) is 0 Å². The smallest absolute Gasteiger partial charge is 0.115 e. The van der Waals surface area contributed by atoms with Crippen molar-refractivity contribution >= 4 is 0 Å². The van der Waals surface area contributed by atoms with Crippen LogP contribution in [-0.4, -0.2) is 28.0 Å². The number of hydrogen-bond acceptors (Lipinski definition) is 3. The Morgan fingerprint density at radius 1 is 1.27 bits per heavy atom. The molecule has 0 saturated carbocycles. The largest absolute Gasteiger partial charge is 0.298 e. The molecule has 1 fully saturated rings. The van der Waals surface area contributed by atoms with E-state index in [-0.39, 0.29) is 0 Å². The van der Waals surface area contributed by atoms with Gasteiger partial charge in [-0.25, -0.2) is 9.97 Å². The molecule has 0 aliphatic carbocycles. The molecule has 0 atom stereocenters. The fraction of sp³-hybridized carbons (Fsp3) is 0.667. The fourth-order valence-corrected chi connectivity index (χ4v) is 1.92. The summed E-state index contributed by atoms with van der Waals surface area (Å²) >= 11 is 0. The maximum atomic E-state index is 4.03. The van der Waals surface area contributed by atoms with E-state index in [9.17, 15) is 0 Å². The fourth-order valence-electron chi connectivity index (χ4n) is 1.92. The molecule has 0 unspecified atom stereocenters. The monoisotopic (exact) mass is 205 g/mol. The molecule has 0 amide bonds. The topological polar surface area (TPSA) is 29.0 Å². The second-order valence-corrected chi connectivity index (χ2v) is 5.50. The number of hydrogen-bond donors (Lipinski definition) is 0. The highest BCUT2D eigenvalue weighted by Crippen LogP contribution is 2.33. The van der Waals surface area contributed by atoms with E-state index in [0.29, 0.717) is 5.41 Å². The van der Waals surface area contributed by atoms with Crippen molar-refractivity contribution < 1.29 is 0 Å². The number of aromatic nitrogens is 2. The Hall–Kier alpha value is -0.960. The molecule has 0 spiro atoms. The van der Waals surface area contributed by atoms with Gasteiger partial charge in [-0.3, -0.25) is 4.90 Å². The first-order chi connectivity index (χ1) is 7.05. The normalized spacial score (nSPS) is 18.9.